The standard InChI is InChI=1S/C13H26N2S2/c1-10-8-15(3)11(2)6-13(10)14-7-12-9-16-4-5-17-12/h10-14H,4-9H2,1-3H3. The summed E-state index contributed by atoms with van der Waals surface area (Å²) < 4.78 is 0. The minimum atomic E-state index is 0.730. The Bertz CT molecular complexity index is 231. The van der Waals surface area contributed by atoms with Crippen molar-refractivity contribution in [2.24, 2.45) is 5.92 Å². The second kappa shape index (κ2) is 6.69. The molecule has 2 rings (SSSR count). The Balaban J connectivity index is 1.74. The van der Waals surface area contributed by atoms with E-state index in [1.54, 1.807) is 0 Å². The summed E-state index contributed by atoms with van der Waals surface area (Å²) in [4.78, 5) is 2.49. The summed E-state index contributed by atoms with van der Waals surface area (Å²) in [5.74, 6) is 4.82. The van der Waals surface area contributed by atoms with Crippen molar-refractivity contribution in [3.63, 3.8) is 0 Å². The maximum absolute atomic E-state index is 3.83. The quantitative estimate of drug-likeness (QED) is 0.848. The molecule has 17 heavy (non-hydrogen) atoms. The minimum Gasteiger partial charge on any atom is -0.312 e. The smallest absolute Gasteiger partial charge is 0.0263 e. The van der Waals surface area contributed by atoms with Gasteiger partial charge in [-0.1, -0.05) is 6.92 Å². The van der Waals surface area contributed by atoms with Gasteiger partial charge < -0.3 is 10.2 Å². The summed E-state index contributed by atoms with van der Waals surface area (Å²) in [6.45, 7) is 7.20. The Hall–Kier alpha value is 0.620. The molecule has 0 aromatic rings. The third-order valence-electron chi connectivity index (χ3n) is 4.10. The van der Waals surface area contributed by atoms with E-state index in [0.717, 1.165) is 23.3 Å². The first-order valence-corrected chi connectivity index (χ1v) is 9.00. The number of rotatable bonds is 3. The van der Waals surface area contributed by atoms with E-state index in [-0.39, 0.29) is 0 Å². The summed E-state index contributed by atoms with van der Waals surface area (Å²) in [6, 6.07) is 1.46. The number of hydrogen-bond donors (Lipinski definition) is 1. The van der Waals surface area contributed by atoms with Crippen LogP contribution in [0.5, 0.6) is 0 Å². The molecule has 0 bridgehead atoms. The molecule has 0 saturated carbocycles. The van der Waals surface area contributed by atoms with Crippen molar-refractivity contribution in [2.45, 2.75) is 37.6 Å². The van der Waals surface area contributed by atoms with Crippen LogP contribution in [0.4, 0.5) is 0 Å². The lowest BCUT2D eigenvalue weighted by atomic mass is 9.90. The van der Waals surface area contributed by atoms with Crippen LogP contribution in [-0.4, -0.2) is 59.6 Å². The van der Waals surface area contributed by atoms with Crippen molar-refractivity contribution < 1.29 is 0 Å². The van der Waals surface area contributed by atoms with Gasteiger partial charge in [-0.05, 0) is 26.3 Å². The highest BCUT2D eigenvalue weighted by molar-refractivity contribution is 8.06. The second-order valence-corrected chi connectivity index (χ2v) is 8.14. The van der Waals surface area contributed by atoms with Gasteiger partial charge in [-0.25, -0.2) is 0 Å². The Kier molecular flexibility index (Phi) is 5.52. The van der Waals surface area contributed by atoms with Gasteiger partial charge in [0.15, 0.2) is 0 Å². The highest BCUT2D eigenvalue weighted by Crippen LogP contribution is 2.25. The van der Waals surface area contributed by atoms with E-state index < -0.39 is 0 Å². The van der Waals surface area contributed by atoms with Gasteiger partial charge in [-0.15, -0.1) is 0 Å². The minimum absolute atomic E-state index is 0.730. The van der Waals surface area contributed by atoms with E-state index in [4.69, 9.17) is 0 Å². The zero-order valence-electron chi connectivity index (χ0n) is 11.3. The first-order chi connectivity index (χ1) is 8.16. The highest BCUT2D eigenvalue weighted by Gasteiger charge is 2.29. The van der Waals surface area contributed by atoms with E-state index in [1.165, 1.54) is 36.8 Å². The van der Waals surface area contributed by atoms with Crippen LogP contribution < -0.4 is 5.32 Å². The maximum atomic E-state index is 3.83. The van der Waals surface area contributed by atoms with Crippen molar-refractivity contribution in [2.75, 3.05) is 37.4 Å². The molecule has 0 spiro atoms. The van der Waals surface area contributed by atoms with Gasteiger partial charge in [0.1, 0.15) is 0 Å². The monoisotopic (exact) mass is 274 g/mol. The van der Waals surface area contributed by atoms with Crippen molar-refractivity contribution in [1.29, 1.82) is 0 Å². The SMILES string of the molecule is CC1CN(C)C(C)CC1NCC1CSCCS1. The van der Waals surface area contributed by atoms with Crippen LogP contribution >= 0.6 is 23.5 Å². The highest BCUT2D eigenvalue weighted by atomic mass is 32.2. The molecule has 2 fully saturated rings. The lowest BCUT2D eigenvalue weighted by Crippen LogP contribution is -2.52. The summed E-state index contributed by atoms with van der Waals surface area (Å²) in [6.07, 6.45) is 1.31. The normalized spacial score (nSPS) is 40.4. The second-order valence-electron chi connectivity index (χ2n) is 5.58. The topological polar surface area (TPSA) is 15.3 Å². The molecule has 0 radical (unpaired) electrons. The van der Waals surface area contributed by atoms with E-state index in [1.807, 2.05) is 0 Å². The number of thioether (sulfide) groups is 2. The molecule has 1 N–H and O–H groups in total. The Morgan fingerprint density at radius 2 is 2.12 bits per heavy atom. The van der Waals surface area contributed by atoms with Crippen LogP contribution in [0.1, 0.15) is 20.3 Å². The van der Waals surface area contributed by atoms with Crippen LogP contribution in [0, 0.1) is 5.92 Å². The molecule has 100 valence electrons. The first-order valence-electron chi connectivity index (χ1n) is 6.79. The summed E-state index contributed by atoms with van der Waals surface area (Å²) >= 11 is 4.28. The van der Waals surface area contributed by atoms with Crippen molar-refractivity contribution in [3.05, 3.63) is 0 Å². The fourth-order valence-electron chi connectivity index (χ4n) is 2.76. The molecule has 0 aromatic carbocycles. The third-order valence-corrected chi connectivity index (χ3v) is 6.95. The Morgan fingerprint density at radius 3 is 2.82 bits per heavy atom. The van der Waals surface area contributed by atoms with Crippen molar-refractivity contribution >= 4 is 23.5 Å². The van der Waals surface area contributed by atoms with Gasteiger partial charge in [-0.2, -0.15) is 23.5 Å². The fraction of sp³-hybridized carbons (Fsp3) is 1.00. The zero-order valence-corrected chi connectivity index (χ0v) is 12.9. The van der Waals surface area contributed by atoms with Gasteiger partial charge in [0.2, 0.25) is 0 Å². The van der Waals surface area contributed by atoms with Crippen LogP contribution in [0.15, 0.2) is 0 Å². The molecule has 0 amide bonds. The van der Waals surface area contributed by atoms with Crippen LogP contribution in [0.3, 0.4) is 0 Å². The molecule has 4 heteroatoms. The largest absolute Gasteiger partial charge is 0.312 e. The summed E-state index contributed by atoms with van der Waals surface area (Å²) in [5, 5.41) is 4.67. The molecule has 2 aliphatic heterocycles. The molecule has 2 aliphatic rings. The van der Waals surface area contributed by atoms with E-state index >= 15 is 0 Å². The van der Waals surface area contributed by atoms with Gasteiger partial charge in [0.25, 0.3) is 0 Å². The lowest BCUT2D eigenvalue weighted by Gasteiger charge is -2.40. The van der Waals surface area contributed by atoms with E-state index in [2.05, 4.69) is 54.6 Å². The van der Waals surface area contributed by atoms with Crippen LogP contribution in [0.2, 0.25) is 0 Å². The molecule has 2 nitrogen and oxygen atoms in total. The zero-order chi connectivity index (χ0) is 12.3. The Morgan fingerprint density at radius 1 is 1.29 bits per heavy atom. The van der Waals surface area contributed by atoms with Gasteiger partial charge in [-0.3, -0.25) is 0 Å². The van der Waals surface area contributed by atoms with Gasteiger partial charge in [0.05, 0.1) is 0 Å². The third kappa shape index (κ3) is 4.05. The number of nitrogens with one attached hydrogen (secondary N) is 1. The number of hydrogen-bond acceptors (Lipinski definition) is 4. The van der Waals surface area contributed by atoms with Crippen molar-refractivity contribution in [3.8, 4) is 0 Å². The summed E-state index contributed by atoms with van der Waals surface area (Å²) in [5.41, 5.74) is 0. The van der Waals surface area contributed by atoms with Crippen molar-refractivity contribution in [1.82, 2.24) is 10.2 Å². The molecule has 2 heterocycles. The van der Waals surface area contributed by atoms with Crippen LogP contribution in [0.25, 0.3) is 0 Å². The average molecular weight is 274 g/mol. The maximum Gasteiger partial charge on any atom is 0.0263 e. The fourth-order valence-corrected chi connectivity index (χ4v) is 5.39. The first kappa shape index (κ1) is 14.0. The van der Waals surface area contributed by atoms with Gasteiger partial charge >= 0.3 is 0 Å². The Labute approximate surface area is 115 Å². The van der Waals surface area contributed by atoms with E-state index in [0.29, 0.717) is 0 Å². The lowest BCUT2D eigenvalue weighted by molar-refractivity contribution is 0.122. The van der Waals surface area contributed by atoms with Crippen LogP contribution in [-0.2, 0) is 0 Å². The average Bonchev–Trinajstić information content (AvgIpc) is 2.33. The number of piperidine rings is 1. The predicted molar refractivity (Wildman–Crippen MR) is 81.2 cm³/mol. The van der Waals surface area contributed by atoms with Gasteiger partial charge in [0, 0.05) is 47.7 Å². The number of nitrogens with zero attached hydrogens (tertiary/aromatic N) is 1. The summed E-state index contributed by atoms with van der Waals surface area (Å²) in [7, 11) is 2.25. The van der Waals surface area contributed by atoms with E-state index in [9.17, 15) is 0 Å². The molecule has 0 aromatic heterocycles. The molecule has 0 aliphatic carbocycles. The molecule has 2 saturated heterocycles. The molecule has 4 unspecified atom stereocenters. The molecular formula is C13H26N2S2. The molecular weight excluding hydrogens is 248 g/mol. The number of likely N-dealkylation sites (tertiary alicyclic amines) is 1. The predicted octanol–water partition coefficient (Wildman–Crippen LogP) is 2.15. The molecule has 4 atom stereocenters.